The van der Waals surface area contributed by atoms with Crippen molar-refractivity contribution in [3.05, 3.63) is 47.9 Å². The molecular formula is C27H32F3N5O4. The van der Waals surface area contributed by atoms with E-state index >= 15 is 0 Å². The van der Waals surface area contributed by atoms with Gasteiger partial charge in [-0.1, -0.05) is 31.4 Å². The number of nitrogens with zero attached hydrogens (tertiary/aromatic N) is 4. The van der Waals surface area contributed by atoms with Gasteiger partial charge in [0.05, 0.1) is 6.54 Å². The van der Waals surface area contributed by atoms with Crippen LogP contribution in [0.5, 0.6) is 0 Å². The molecule has 0 aliphatic heterocycles. The van der Waals surface area contributed by atoms with E-state index < -0.39 is 24.7 Å². The first-order valence-corrected chi connectivity index (χ1v) is 13.1. The number of likely N-dealkylation sites (N-methyl/N-ethyl adjacent to an activating group) is 1. The molecule has 2 aliphatic carbocycles. The molecule has 0 bridgehead atoms. The van der Waals surface area contributed by atoms with Crippen LogP contribution in [-0.2, 0) is 20.9 Å². The second-order valence-electron chi connectivity index (χ2n) is 10.2. The Labute approximate surface area is 224 Å². The fourth-order valence-electron chi connectivity index (χ4n) is 4.70. The van der Waals surface area contributed by atoms with Crippen molar-refractivity contribution in [1.82, 2.24) is 14.9 Å². The first-order chi connectivity index (χ1) is 18.6. The Kier molecular flexibility index (Phi) is 9.16. The van der Waals surface area contributed by atoms with Crippen LogP contribution in [0.4, 0.5) is 24.7 Å². The van der Waals surface area contributed by atoms with Gasteiger partial charge in [-0.25, -0.2) is 14.8 Å². The van der Waals surface area contributed by atoms with Crippen LogP contribution >= 0.6 is 0 Å². The number of rotatable bonds is 10. The minimum atomic E-state index is -5.23. The number of carbonyl (C=O) groups is 3. The molecule has 9 nitrogen and oxygen atoms in total. The second kappa shape index (κ2) is 12.5. The predicted octanol–water partition coefficient (Wildman–Crippen LogP) is 4.34. The third kappa shape index (κ3) is 8.47. The maximum Gasteiger partial charge on any atom is 0.491 e. The van der Waals surface area contributed by atoms with Gasteiger partial charge in [0.25, 0.3) is 5.91 Å². The van der Waals surface area contributed by atoms with E-state index in [9.17, 15) is 27.6 Å². The first-order valence-electron chi connectivity index (χ1n) is 13.1. The smallest absolute Gasteiger partial charge is 0.385 e. The summed E-state index contributed by atoms with van der Waals surface area (Å²) in [6, 6.07) is 8.96. The molecule has 1 aromatic carbocycles. The number of halogens is 3. The molecule has 2 aliphatic rings. The lowest BCUT2D eigenvalue weighted by atomic mass is 9.94. The Morgan fingerprint density at radius 3 is 2.36 bits per heavy atom. The zero-order valence-electron chi connectivity index (χ0n) is 21.7. The number of aromatic nitrogens is 2. The second-order valence-corrected chi connectivity index (χ2v) is 10.2. The van der Waals surface area contributed by atoms with Crippen LogP contribution in [0.15, 0.2) is 36.7 Å². The van der Waals surface area contributed by atoms with E-state index in [2.05, 4.69) is 24.9 Å². The van der Waals surface area contributed by atoms with Crippen molar-refractivity contribution in [2.24, 2.45) is 5.92 Å². The average Bonchev–Trinajstić information content (AvgIpc) is 3.72. The van der Waals surface area contributed by atoms with E-state index in [0.29, 0.717) is 17.6 Å². The average molecular weight is 548 g/mol. The third-order valence-corrected chi connectivity index (χ3v) is 6.85. The Balaban J connectivity index is 1.32. The zero-order valence-corrected chi connectivity index (χ0v) is 21.7. The molecule has 4 rings (SSSR count). The fraction of sp³-hybridized carbons (Fsp3) is 0.519. The van der Waals surface area contributed by atoms with Crippen LogP contribution < -0.4 is 10.2 Å². The standard InChI is InChI=1S/C27H32F3N5O4/c1-34(16-24(36)39-26(38)27(28,29)30)14-18-9-11-20(12-10-18)33-25(37)22-13-23(32-17-31-22)35(15-19-7-8-19)21-5-3-2-4-6-21/h9-13,17,19,21H,2-8,14-16H2,1H3,(H,33,37). The molecular weight excluding hydrogens is 515 g/mol. The highest BCUT2D eigenvalue weighted by Gasteiger charge is 2.42. The fourth-order valence-corrected chi connectivity index (χ4v) is 4.70. The number of ether oxygens (including phenoxy) is 1. The molecule has 0 radical (unpaired) electrons. The molecule has 0 atom stereocenters. The molecule has 0 saturated heterocycles. The molecule has 1 heterocycles. The van der Waals surface area contributed by atoms with Gasteiger partial charge in [0.2, 0.25) is 0 Å². The van der Waals surface area contributed by atoms with Crippen molar-refractivity contribution < 1.29 is 32.3 Å². The largest absolute Gasteiger partial charge is 0.491 e. The van der Waals surface area contributed by atoms with Gasteiger partial charge >= 0.3 is 18.1 Å². The Bertz CT molecular complexity index is 1160. The lowest BCUT2D eigenvalue weighted by molar-refractivity contribution is -0.202. The molecule has 0 unspecified atom stereocenters. The maximum atomic E-state index is 13.0. The topological polar surface area (TPSA) is 105 Å². The van der Waals surface area contributed by atoms with Crippen molar-refractivity contribution in [3.63, 3.8) is 0 Å². The molecule has 2 fully saturated rings. The van der Waals surface area contributed by atoms with Gasteiger partial charge < -0.3 is 15.0 Å². The van der Waals surface area contributed by atoms with E-state index in [1.165, 1.54) is 50.4 Å². The molecule has 1 aromatic heterocycles. The Morgan fingerprint density at radius 2 is 1.72 bits per heavy atom. The van der Waals surface area contributed by atoms with Gasteiger partial charge in [-0.15, -0.1) is 0 Å². The van der Waals surface area contributed by atoms with Gasteiger partial charge in [-0.2, -0.15) is 13.2 Å². The van der Waals surface area contributed by atoms with Gasteiger partial charge in [-0.3, -0.25) is 14.5 Å². The van der Waals surface area contributed by atoms with E-state index in [4.69, 9.17) is 0 Å². The number of hydrogen-bond donors (Lipinski definition) is 1. The van der Waals surface area contributed by atoms with Crippen LogP contribution in [0.1, 0.15) is 61.0 Å². The molecule has 12 heteroatoms. The Morgan fingerprint density at radius 1 is 1.03 bits per heavy atom. The summed E-state index contributed by atoms with van der Waals surface area (Å²) >= 11 is 0. The summed E-state index contributed by atoms with van der Waals surface area (Å²) in [4.78, 5) is 47.8. The van der Waals surface area contributed by atoms with Crippen molar-refractivity contribution >= 4 is 29.4 Å². The van der Waals surface area contributed by atoms with Gasteiger partial charge in [0, 0.05) is 30.9 Å². The summed E-state index contributed by atoms with van der Waals surface area (Å²) in [6.07, 6.45) is 4.60. The van der Waals surface area contributed by atoms with Crippen LogP contribution in [0, 0.1) is 5.92 Å². The summed E-state index contributed by atoms with van der Waals surface area (Å²) < 4.78 is 40.5. The Hall–Kier alpha value is -3.54. The maximum absolute atomic E-state index is 13.0. The van der Waals surface area contributed by atoms with Crippen LogP contribution in [0.2, 0.25) is 0 Å². The number of alkyl halides is 3. The van der Waals surface area contributed by atoms with Gasteiger partial charge in [0.1, 0.15) is 17.8 Å². The third-order valence-electron chi connectivity index (χ3n) is 6.85. The molecule has 210 valence electrons. The van der Waals surface area contributed by atoms with Gasteiger partial charge in [-0.05, 0) is 56.3 Å². The molecule has 39 heavy (non-hydrogen) atoms. The van der Waals surface area contributed by atoms with Crippen LogP contribution in [0.3, 0.4) is 0 Å². The normalized spacial score (nSPS) is 16.1. The predicted molar refractivity (Wildman–Crippen MR) is 137 cm³/mol. The monoisotopic (exact) mass is 547 g/mol. The quantitative estimate of drug-likeness (QED) is 0.346. The summed E-state index contributed by atoms with van der Waals surface area (Å²) in [5.74, 6) is -2.74. The molecule has 2 saturated carbocycles. The number of nitrogens with one attached hydrogen (secondary N) is 1. The number of hydrogen-bond acceptors (Lipinski definition) is 8. The van der Waals surface area contributed by atoms with Gasteiger partial charge in [0.15, 0.2) is 0 Å². The molecule has 1 amide bonds. The molecule has 0 spiro atoms. The van der Waals surface area contributed by atoms with Crippen LogP contribution in [-0.4, -0.2) is 65.1 Å². The summed E-state index contributed by atoms with van der Waals surface area (Å²) in [5, 5.41) is 2.83. The van der Waals surface area contributed by atoms with E-state index in [1.807, 2.05) is 0 Å². The van der Waals surface area contributed by atoms with Crippen molar-refractivity contribution in [1.29, 1.82) is 0 Å². The van der Waals surface area contributed by atoms with Crippen LogP contribution in [0.25, 0.3) is 0 Å². The van der Waals surface area contributed by atoms with Crippen molar-refractivity contribution in [3.8, 4) is 0 Å². The minimum Gasteiger partial charge on any atom is -0.385 e. The number of esters is 2. The number of benzene rings is 1. The molecule has 2 aromatic rings. The summed E-state index contributed by atoms with van der Waals surface area (Å²) in [5.41, 5.74) is 1.54. The highest BCUT2D eigenvalue weighted by Crippen LogP contribution is 2.34. The van der Waals surface area contributed by atoms with Crippen molar-refractivity contribution in [2.45, 2.75) is 63.7 Å². The van der Waals surface area contributed by atoms with E-state index in [-0.39, 0.29) is 18.1 Å². The lowest BCUT2D eigenvalue weighted by Gasteiger charge is -2.35. The lowest BCUT2D eigenvalue weighted by Crippen LogP contribution is -2.39. The zero-order chi connectivity index (χ0) is 28.0. The highest BCUT2D eigenvalue weighted by atomic mass is 19.4. The summed E-state index contributed by atoms with van der Waals surface area (Å²) in [6.45, 7) is 0.654. The number of carbonyl (C=O) groups excluding carboxylic acids is 3. The number of amides is 1. The SMILES string of the molecule is CN(CC(=O)OC(=O)C(F)(F)F)Cc1ccc(NC(=O)c2cc(N(CC3CC3)C3CCCCC3)ncn2)cc1. The molecule has 1 N–H and O–H groups in total. The summed E-state index contributed by atoms with van der Waals surface area (Å²) in [7, 11) is 1.50. The minimum absolute atomic E-state index is 0.205. The number of anilines is 2. The first kappa shape index (κ1) is 28.5. The highest BCUT2D eigenvalue weighted by molar-refractivity contribution is 6.03. The van der Waals surface area contributed by atoms with Crippen molar-refractivity contribution in [2.75, 3.05) is 30.4 Å². The van der Waals surface area contributed by atoms with E-state index in [0.717, 1.165) is 30.8 Å². The van der Waals surface area contributed by atoms with E-state index in [1.54, 1.807) is 30.3 Å².